The summed E-state index contributed by atoms with van der Waals surface area (Å²) in [5, 5.41) is 12.4. The lowest BCUT2D eigenvalue weighted by Gasteiger charge is -2.16. The zero-order valence-electron chi connectivity index (χ0n) is 14.5. The monoisotopic (exact) mass is 340 g/mol. The van der Waals surface area contributed by atoms with Crippen LogP contribution < -0.4 is 5.32 Å². The summed E-state index contributed by atoms with van der Waals surface area (Å²) in [4.78, 5) is 21.1. The lowest BCUT2D eigenvalue weighted by molar-refractivity contribution is -0.115. The molecule has 1 N–H and O–H groups in total. The topological polar surface area (TPSA) is 78.7 Å². The summed E-state index contributed by atoms with van der Waals surface area (Å²) in [6.07, 6.45) is 0. The Hall–Kier alpha value is -2.39. The number of amides is 1. The van der Waals surface area contributed by atoms with Gasteiger partial charge in [0.05, 0.1) is 10.9 Å². The molecule has 1 heterocycles. The van der Waals surface area contributed by atoms with Crippen molar-refractivity contribution in [3.63, 3.8) is 0 Å². The number of para-hydroxylation sites is 1. The minimum atomic E-state index is -0.384. The van der Waals surface area contributed by atoms with Crippen LogP contribution in [0.1, 0.15) is 35.1 Å². The summed E-state index contributed by atoms with van der Waals surface area (Å²) in [6.45, 7) is 9.29. The summed E-state index contributed by atoms with van der Waals surface area (Å²) >= 11 is 1.28. The molecule has 0 aliphatic rings. The highest BCUT2D eigenvalue weighted by Gasteiger charge is 2.20. The van der Waals surface area contributed by atoms with Gasteiger partial charge in [-0.2, -0.15) is 5.26 Å². The molecular weight excluding hydrogens is 320 g/mol. The molecule has 5 nitrogen and oxygen atoms in total. The maximum atomic E-state index is 12.5. The van der Waals surface area contributed by atoms with E-state index < -0.39 is 0 Å². The van der Waals surface area contributed by atoms with Gasteiger partial charge in [-0.15, -0.1) is 0 Å². The molecule has 0 spiro atoms. The summed E-state index contributed by atoms with van der Waals surface area (Å²) in [7, 11) is 0. The number of nitrogens with one attached hydrogen (secondary N) is 1. The van der Waals surface area contributed by atoms with E-state index in [1.54, 1.807) is 13.8 Å². The molecule has 1 atom stereocenters. The predicted molar refractivity (Wildman–Crippen MR) is 96.1 cm³/mol. The Morgan fingerprint density at radius 2 is 1.83 bits per heavy atom. The van der Waals surface area contributed by atoms with E-state index in [2.05, 4.69) is 21.4 Å². The normalized spacial score (nSPS) is 11.7. The Morgan fingerprint density at radius 3 is 2.42 bits per heavy atom. The van der Waals surface area contributed by atoms with Gasteiger partial charge in [0.15, 0.2) is 0 Å². The van der Waals surface area contributed by atoms with Crippen LogP contribution in [0.25, 0.3) is 0 Å². The number of hydrogen-bond donors (Lipinski definition) is 1. The Kier molecular flexibility index (Phi) is 5.58. The molecule has 0 bridgehead atoms. The van der Waals surface area contributed by atoms with Crippen molar-refractivity contribution in [1.82, 2.24) is 9.97 Å². The molecule has 0 aliphatic heterocycles. The second-order valence-corrected chi connectivity index (χ2v) is 6.99. The summed E-state index contributed by atoms with van der Waals surface area (Å²) < 4.78 is 0. The summed E-state index contributed by atoms with van der Waals surface area (Å²) in [6, 6.07) is 8.02. The molecule has 6 heteroatoms. The molecule has 0 aliphatic carbocycles. The standard InChI is InChI=1S/C18H20N4OS/c1-10-7-6-8-11(2)16(10)22-17(23)13(4)24-18-15(9-19)12(3)20-14(5)21-18/h6-8,13H,1-5H3,(H,22,23)/t13-/m0/s1. The quantitative estimate of drug-likeness (QED) is 0.678. The van der Waals surface area contributed by atoms with Crippen LogP contribution in [0.5, 0.6) is 0 Å². The van der Waals surface area contributed by atoms with Crippen LogP contribution in [0.15, 0.2) is 23.2 Å². The lowest BCUT2D eigenvalue weighted by Crippen LogP contribution is -2.23. The Labute approximate surface area is 146 Å². The fourth-order valence-corrected chi connectivity index (χ4v) is 3.35. The first-order chi connectivity index (χ1) is 11.3. The molecule has 24 heavy (non-hydrogen) atoms. The number of benzene rings is 1. The fourth-order valence-electron chi connectivity index (χ4n) is 2.35. The van der Waals surface area contributed by atoms with Gasteiger partial charge in [-0.1, -0.05) is 30.0 Å². The number of hydrogen-bond acceptors (Lipinski definition) is 5. The highest BCUT2D eigenvalue weighted by molar-refractivity contribution is 8.00. The maximum absolute atomic E-state index is 12.5. The Balaban J connectivity index is 2.20. The second-order valence-electron chi connectivity index (χ2n) is 5.66. The minimum absolute atomic E-state index is 0.116. The third kappa shape index (κ3) is 3.92. The van der Waals surface area contributed by atoms with Crippen LogP contribution in [-0.2, 0) is 4.79 Å². The molecule has 0 fully saturated rings. The predicted octanol–water partition coefficient (Wildman–Crippen LogP) is 3.70. The average Bonchev–Trinajstić information content (AvgIpc) is 2.50. The number of aryl methyl sites for hydroxylation is 4. The SMILES string of the molecule is Cc1nc(C)c(C#N)c(S[C@@H](C)C(=O)Nc2c(C)cccc2C)n1. The van der Waals surface area contributed by atoms with Crippen molar-refractivity contribution in [1.29, 1.82) is 5.26 Å². The Bertz CT molecular complexity index is 806. The van der Waals surface area contributed by atoms with Crippen molar-refractivity contribution in [3.05, 3.63) is 46.4 Å². The van der Waals surface area contributed by atoms with Crippen molar-refractivity contribution >= 4 is 23.4 Å². The molecule has 0 saturated heterocycles. The van der Waals surface area contributed by atoms with E-state index >= 15 is 0 Å². The largest absolute Gasteiger partial charge is 0.325 e. The third-order valence-electron chi connectivity index (χ3n) is 3.67. The Morgan fingerprint density at radius 1 is 1.21 bits per heavy atom. The molecule has 1 amide bonds. The van der Waals surface area contributed by atoms with Crippen LogP contribution in [0.4, 0.5) is 5.69 Å². The average molecular weight is 340 g/mol. The van der Waals surface area contributed by atoms with Crippen LogP contribution in [0.2, 0.25) is 0 Å². The van der Waals surface area contributed by atoms with Gasteiger partial charge in [-0.25, -0.2) is 9.97 Å². The van der Waals surface area contributed by atoms with Gasteiger partial charge in [0, 0.05) is 5.69 Å². The fraction of sp³-hybridized carbons (Fsp3) is 0.333. The molecule has 0 saturated carbocycles. The van der Waals surface area contributed by atoms with Crippen LogP contribution in [0, 0.1) is 39.0 Å². The van der Waals surface area contributed by atoms with Crippen LogP contribution >= 0.6 is 11.8 Å². The molecule has 2 rings (SSSR count). The zero-order valence-corrected chi connectivity index (χ0v) is 15.3. The van der Waals surface area contributed by atoms with Crippen molar-refractivity contribution in [2.45, 2.75) is 44.9 Å². The minimum Gasteiger partial charge on any atom is -0.325 e. The third-order valence-corrected chi connectivity index (χ3v) is 4.75. The van der Waals surface area contributed by atoms with Crippen molar-refractivity contribution in [2.24, 2.45) is 0 Å². The number of aromatic nitrogens is 2. The maximum Gasteiger partial charge on any atom is 0.237 e. The molecule has 0 radical (unpaired) electrons. The highest BCUT2D eigenvalue weighted by Crippen LogP contribution is 2.28. The first kappa shape index (κ1) is 18.0. The number of nitrogens with zero attached hydrogens (tertiary/aromatic N) is 3. The van der Waals surface area contributed by atoms with E-state index in [1.165, 1.54) is 11.8 Å². The van der Waals surface area contributed by atoms with Gasteiger partial charge in [0.2, 0.25) is 5.91 Å². The zero-order chi connectivity index (χ0) is 17.9. The molecule has 0 unspecified atom stereocenters. The van der Waals surface area contributed by atoms with E-state index in [1.807, 2.05) is 39.0 Å². The van der Waals surface area contributed by atoms with Gasteiger partial charge in [-0.05, 0) is 45.7 Å². The first-order valence-electron chi connectivity index (χ1n) is 7.62. The first-order valence-corrected chi connectivity index (χ1v) is 8.50. The highest BCUT2D eigenvalue weighted by atomic mass is 32.2. The van der Waals surface area contributed by atoms with Crippen LogP contribution in [0.3, 0.4) is 0 Å². The van der Waals surface area contributed by atoms with E-state index in [0.717, 1.165) is 16.8 Å². The van der Waals surface area contributed by atoms with E-state index in [4.69, 9.17) is 0 Å². The van der Waals surface area contributed by atoms with Gasteiger partial charge in [-0.3, -0.25) is 4.79 Å². The van der Waals surface area contributed by atoms with Crippen LogP contribution in [-0.4, -0.2) is 21.1 Å². The lowest BCUT2D eigenvalue weighted by atomic mass is 10.1. The van der Waals surface area contributed by atoms with Gasteiger partial charge in [0.25, 0.3) is 0 Å². The number of carbonyl (C=O) groups is 1. The molecule has 2 aromatic rings. The van der Waals surface area contributed by atoms with Crippen molar-refractivity contribution in [2.75, 3.05) is 5.32 Å². The molecular formula is C18H20N4OS. The summed E-state index contributed by atoms with van der Waals surface area (Å²) in [5.74, 6) is 0.478. The van der Waals surface area contributed by atoms with Crippen molar-refractivity contribution in [3.8, 4) is 6.07 Å². The van der Waals surface area contributed by atoms with Crippen molar-refractivity contribution < 1.29 is 4.79 Å². The molecule has 1 aromatic heterocycles. The smallest absolute Gasteiger partial charge is 0.237 e. The molecule has 1 aromatic carbocycles. The van der Waals surface area contributed by atoms with E-state index in [0.29, 0.717) is 22.1 Å². The molecule has 124 valence electrons. The van der Waals surface area contributed by atoms with Gasteiger partial charge in [0.1, 0.15) is 22.5 Å². The second kappa shape index (κ2) is 7.45. The summed E-state index contributed by atoms with van der Waals surface area (Å²) in [5.41, 5.74) is 3.94. The van der Waals surface area contributed by atoms with E-state index in [-0.39, 0.29) is 11.2 Å². The van der Waals surface area contributed by atoms with Gasteiger partial charge >= 0.3 is 0 Å². The number of carbonyl (C=O) groups excluding carboxylic acids is 1. The van der Waals surface area contributed by atoms with Gasteiger partial charge < -0.3 is 5.32 Å². The van der Waals surface area contributed by atoms with E-state index in [9.17, 15) is 10.1 Å². The number of anilines is 1. The number of nitriles is 1. The number of thioether (sulfide) groups is 1. The number of rotatable bonds is 4.